The lowest BCUT2D eigenvalue weighted by atomic mass is 9.94. The lowest BCUT2D eigenvalue weighted by molar-refractivity contribution is -0.123. The molecule has 0 saturated carbocycles. The molecule has 0 radical (unpaired) electrons. The van der Waals surface area contributed by atoms with E-state index >= 15 is 0 Å². The van der Waals surface area contributed by atoms with Crippen LogP contribution in [0.2, 0.25) is 5.02 Å². The molecular weight excluding hydrogens is 276 g/mol. The molecule has 0 saturated heterocycles. The van der Waals surface area contributed by atoms with Crippen LogP contribution in [0.25, 0.3) is 0 Å². The summed E-state index contributed by atoms with van der Waals surface area (Å²) in [7, 11) is 0. The number of halogens is 1. The third-order valence-electron chi connectivity index (χ3n) is 3.54. The largest absolute Gasteiger partial charge is 0.484 e. The predicted octanol–water partition coefficient (Wildman–Crippen LogP) is 2.66. The molecule has 0 aliphatic rings. The Morgan fingerprint density at radius 1 is 1.40 bits per heavy atom. The van der Waals surface area contributed by atoms with Crippen LogP contribution in [0.3, 0.4) is 0 Å². The zero-order valence-electron chi connectivity index (χ0n) is 12.3. The van der Waals surface area contributed by atoms with Crippen LogP contribution in [0.4, 0.5) is 0 Å². The van der Waals surface area contributed by atoms with Gasteiger partial charge in [0.1, 0.15) is 5.75 Å². The lowest BCUT2D eigenvalue weighted by Crippen LogP contribution is -2.50. The Morgan fingerprint density at radius 2 is 2.05 bits per heavy atom. The second-order valence-electron chi connectivity index (χ2n) is 5.04. The number of nitrogens with two attached hydrogens (primary N) is 1. The van der Waals surface area contributed by atoms with Gasteiger partial charge >= 0.3 is 0 Å². The lowest BCUT2D eigenvalue weighted by Gasteiger charge is -2.26. The molecule has 0 aliphatic heterocycles. The van der Waals surface area contributed by atoms with Gasteiger partial charge in [-0.1, -0.05) is 25.4 Å². The van der Waals surface area contributed by atoms with Crippen LogP contribution < -0.4 is 15.8 Å². The number of amides is 1. The van der Waals surface area contributed by atoms with E-state index in [1.54, 1.807) is 18.2 Å². The number of carbonyl (C=O) groups excluding carboxylic acids is 1. The van der Waals surface area contributed by atoms with Gasteiger partial charge in [-0.25, -0.2) is 0 Å². The first-order valence-corrected chi connectivity index (χ1v) is 7.22. The first-order valence-electron chi connectivity index (χ1n) is 6.84. The first kappa shape index (κ1) is 16.8. The SMILES string of the molecule is CCC(N)(CC)CNC(=O)COc1ccc(Cl)cc1C. The van der Waals surface area contributed by atoms with Gasteiger partial charge < -0.3 is 15.8 Å². The highest BCUT2D eigenvalue weighted by Gasteiger charge is 2.20. The fraction of sp³-hybridized carbons (Fsp3) is 0.533. The van der Waals surface area contributed by atoms with Gasteiger partial charge in [-0.05, 0) is 43.5 Å². The highest BCUT2D eigenvalue weighted by Crippen LogP contribution is 2.21. The number of nitrogens with one attached hydrogen (secondary N) is 1. The van der Waals surface area contributed by atoms with Crippen LogP contribution in [0, 0.1) is 6.92 Å². The first-order chi connectivity index (χ1) is 9.40. The topological polar surface area (TPSA) is 64.3 Å². The molecule has 4 nitrogen and oxygen atoms in total. The van der Waals surface area contributed by atoms with E-state index in [-0.39, 0.29) is 18.1 Å². The zero-order valence-corrected chi connectivity index (χ0v) is 13.1. The van der Waals surface area contributed by atoms with Gasteiger partial charge in [0.05, 0.1) is 0 Å². The fourth-order valence-electron chi connectivity index (χ4n) is 1.74. The number of aryl methyl sites for hydroxylation is 1. The maximum absolute atomic E-state index is 11.8. The summed E-state index contributed by atoms with van der Waals surface area (Å²) in [6.07, 6.45) is 1.64. The van der Waals surface area contributed by atoms with Crippen molar-refractivity contribution < 1.29 is 9.53 Å². The Balaban J connectivity index is 2.44. The molecule has 0 unspecified atom stereocenters. The smallest absolute Gasteiger partial charge is 0.258 e. The molecule has 0 aromatic heterocycles. The van der Waals surface area contributed by atoms with E-state index < -0.39 is 0 Å². The molecule has 0 aliphatic carbocycles. The number of benzene rings is 1. The third-order valence-corrected chi connectivity index (χ3v) is 3.78. The van der Waals surface area contributed by atoms with Crippen LogP contribution in [-0.2, 0) is 4.79 Å². The molecule has 0 heterocycles. The summed E-state index contributed by atoms with van der Waals surface area (Å²) in [4.78, 5) is 11.8. The molecule has 0 fully saturated rings. The summed E-state index contributed by atoms with van der Waals surface area (Å²) < 4.78 is 5.47. The van der Waals surface area contributed by atoms with Crippen LogP contribution in [-0.4, -0.2) is 24.6 Å². The van der Waals surface area contributed by atoms with Crippen LogP contribution >= 0.6 is 11.6 Å². The van der Waals surface area contributed by atoms with Crippen LogP contribution in [0.5, 0.6) is 5.75 Å². The summed E-state index contributed by atoms with van der Waals surface area (Å²) >= 11 is 5.86. The van der Waals surface area contributed by atoms with E-state index in [4.69, 9.17) is 22.1 Å². The van der Waals surface area contributed by atoms with E-state index in [2.05, 4.69) is 5.32 Å². The summed E-state index contributed by atoms with van der Waals surface area (Å²) in [5, 5.41) is 3.46. The molecular formula is C15H23ClN2O2. The summed E-state index contributed by atoms with van der Waals surface area (Å²) in [5.74, 6) is 0.491. The number of hydrogen-bond acceptors (Lipinski definition) is 3. The molecule has 1 aromatic carbocycles. The second-order valence-corrected chi connectivity index (χ2v) is 5.48. The molecule has 0 atom stereocenters. The van der Waals surface area contributed by atoms with Crippen molar-refractivity contribution in [3.8, 4) is 5.75 Å². The Hall–Kier alpha value is -1.26. The quantitative estimate of drug-likeness (QED) is 0.813. The Kier molecular flexibility index (Phi) is 6.30. The maximum atomic E-state index is 11.8. The van der Waals surface area contributed by atoms with Gasteiger partial charge in [0.2, 0.25) is 0 Å². The number of hydrogen-bond donors (Lipinski definition) is 2. The number of carbonyl (C=O) groups is 1. The molecule has 5 heteroatoms. The van der Waals surface area contributed by atoms with E-state index in [1.165, 1.54) is 0 Å². The molecule has 20 heavy (non-hydrogen) atoms. The fourth-order valence-corrected chi connectivity index (χ4v) is 1.97. The van der Waals surface area contributed by atoms with Gasteiger partial charge in [0.25, 0.3) is 5.91 Å². The summed E-state index contributed by atoms with van der Waals surface area (Å²) in [6, 6.07) is 5.30. The highest BCUT2D eigenvalue weighted by molar-refractivity contribution is 6.30. The number of ether oxygens (including phenoxy) is 1. The van der Waals surface area contributed by atoms with E-state index in [0.717, 1.165) is 18.4 Å². The Morgan fingerprint density at radius 3 is 2.60 bits per heavy atom. The molecule has 112 valence electrons. The minimum absolute atomic E-state index is 0.0218. The monoisotopic (exact) mass is 298 g/mol. The minimum atomic E-state index is -0.341. The van der Waals surface area contributed by atoms with E-state index in [0.29, 0.717) is 17.3 Å². The van der Waals surface area contributed by atoms with Crippen molar-refractivity contribution >= 4 is 17.5 Å². The van der Waals surface area contributed by atoms with Crippen molar-refractivity contribution in [3.05, 3.63) is 28.8 Å². The van der Waals surface area contributed by atoms with Crippen molar-refractivity contribution in [1.82, 2.24) is 5.32 Å². The summed E-state index contributed by atoms with van der Waals surface area (Å²) in [6.45, 7) is 6.36. The van der Waals surface area contributed by atoms with Crippen LogP contribution in [0.1, 0.15) is 32.3 Å². The normalized spacial score (nSPS) is 11.2. The second kappa shape index (κ2) is 7.50. The van der Waals surface area contributed by atoms with Crippen molar-refractivity contribution in [2.45, 2.75) is 39.2 Å². The van der Waals surface area contributed by atoms with Gasteiger partial charge in [-0.2, -0.15) is 0 Å². The Bertz CT molecular complexity index is 459. The molecule has 1 rings (SSSR count). The maximum Gasteiger partial charge on any atom is 0.258 e. The molecule has 1 aromatic rings. The van der Waals surface area contributed by atoms with Gasteiger partial charge in [0.15, 0.2) is 6.61 Å². The average Bonchev–Trinajstić information content (AvgIpc) is 2.44. The van der Waals surface area contributed by atoms with E-state index in [9.17, 15) is 4.79 Å². The highest BCUT2D eigenvalue weighted by atomic mass is 35.5. The van der Waals surface area contributed by atoms with Crippen LogP contribution in [0.15, 0.2) is 18.2 Å². The number of rotatable bonds is 7. The Labute approximate surface area is 125 Å². The molecule has 3 N–H and O–H groups in total. The van der Waals surface area contributed by atoms with Crippen molar-refractivity contribution in [2.75, 3.05) is 13.2 Å². The van der Waals surface area contributed by atoms with Crippen molar-refractivity contribution in [2.24, 2.45) is 5.73 Å². The van der Waals surface area contributed by atoms with E-state index in [1.807, 2.05) is 20.8 Å². The zero-order chi connectivity index (χ0) is 15.2. The molecule has 0 bridgehead atoms. The predicted molar refractivity (Wildman–Crippen MR) is 82.2 cm³/mol. The molecule has 0 spiro atoms. The average molecular weight is 299 g/mol. The standard InChI is InChI=1S/C15H23ClN2O2/c1-4-15(17,5-2)10-18-14(19)9-20-13-7-6-12(16)8-11(13)3/h6-8H,4-5,9-10,17H2,1-3H3,(H,18,19). The van der Waals surface area contributed by atoms with Crippen molar-refractivity contribution in [1.29, 1.82) is 0 Å². The van der Waals surface area contributed by atoms with Gasteiger partial charge in [0, 0.05) is 17.1 Å². The molecule has 1 amide bonds. The minimum Gasteiger partial charge on any atom is -0.484 e. The van der Waals surface area contributed by atoms with Crippen molar-refractivity contribution in [3.63, 3.8) is 0 Å². The van der Waals surface area contributed by atoms with Gasteiger partial charge in [-0.15, -0.1) is 0 Å². The van der Waals surface area contributed by atoms with Gasteiger partial charge in [-0.3, -0.25) is 4.79 Å². The summed E-state index contributed by atoms with van der Waals surface area (Å²) in [5.41, 5.74) is 6.68. The third kappa shape index (κ3) is 5.02.